The summed E-state index contributed by atoms with van der Waals surface area (Å²) in [7, 11) is -3.62. The van der Waals surface area contributed by atoms with E-state index in [9.17, 15) is 18.0 Å². The lowest BCUT2D eigenvalue weighted by Gasteiger charge is -2.26. The van der Waals surface area contributed by atoms with Crippen molar-refractivity contribution in [1.29, 1.82) is 0 Å². The molecule has 2 aromatic carbocycles. The van der Waals surface area contributed by atoms with Crippen molar-refractivity contribution in [2.45, 2.75) is 4.90 Å². The van der Waals surface area contributed by atoms with E-state index >= 15 is 0 Å². The Morgan fingerprint density at radius 1 is 0.926 bits per heavy atom. The number of rotatable bonds is 6. The predicted octanol–water partition coefficient (Wildman–Crippen LogP) is 1.75. The third-order valence-corrected chi connectivity index (χ3v) is 6.04. The Balaban J connectivity index is 1.62. The van der Waals surface area contributed by atoms with Gasteiger partial charge in [-0.25, -0.2) is 13.2 Å². The van der Waals surface area contributed by atoms with Crippen LogP contribution in [0.3, 0.4) is 0 Å². The lowest BCUT2D eigenvalue weighted by atomic mass is 10.1. The van der Waals surface area contributed by atoms with Crippen LogP contribution in [0, 0.1) is 0 Å². The Kier molecular flexibility index (Phi) is 6.00. The van der Waals surface area contributed by atoms with Crippen molar-refractivity contribution in [2.75, 3.05) is 32.9 Å². The number of sulfonamides is 1. The first-order valence-corrected chi connectivity index (χ1v) is 9.86. The molecule has 0 aliphatic carbocycles. The maximum Gasteiger partial charge on any atom is 0.338 e. The van der Waals surface area contributed by atoms with Crippen LogP contribution >= 0.6 is 0 Å². The summed E-state index contributed by atoms with van der Waals surface area (Å²) in [6.45, 7) is 0.941. The first-order chi connectivity index (χ1) is 13.0. The summed E-state index contributed by atoms with van der Waals surface area (Å²) in [5.74, 6) is -0.995. The van der Waals surface area contributed by atoms with Crippen LogP contribution in [-0.2, 0) is 19.5 Å². The number of carbonyl (C=O) groups excluding carboxylic acids is 2. The number of ketones is 1. The quantitative estimate of drug-likeness (QED) is 0.552. The minimum Gasteiger partial charge on any atom is -0.454 e. The normalized spacial score (nSPS) is 15.3. The molecule has 0 aromatic heterocycles. The topological polar surface area (TPSA) is 90.0 Å². The molecule has 2 aromatic rings. The van der Waals surface area contributed by atoms with Crippen LogP contribution in [0.4, 0.5) is 0 Å². The SMILES string of the molecule is O=C(COC(=O)c1ccc(S(=O)(=O)N2CCOCC2)cc1)c1ccccc1. The molecular formula is C19H19NO6S. The molecule has 3 rings (SSSR count). The molecule has 0 unspecified atom stereocenters. The summed E-state index contributed by atoms with van der Waals surface area (Å²) in [4.78, 5) is 24.2. The number of ether oxygens (including phenoxy) is 2. The molecule has 0 spiro atoms. The van der Waals surface area contributed by atoms with Gasteiger partial charge in [-0.3, -0.25) is 4.79 Å². The van der Waals surface area contributed by atoms with Gasteiger partial charge in [-0.2, -0.15) is 4.31 Å². The maximum atomic E-state index is 12.5. The fourth-order valence-corrected chi connectivity index (χ4v) is 4.03. The van der Waals surface area contributed by atoms with Gasteiger partial charge in [-0.15, -0.1) is 0 Å². The molecule has 0 radical (unpaired) electrons. The van der Waals surface area contributed by atoms with Crippen molar-refractivity contribution >= 4 is 21.8 Å². The van der Waals surface area contributed by atoms with Crippen LogP contribution in [0.1, 0.15) is 20.7 Å². The Hall–Kier alpha value is -2.55. The van der Waals surface area contributed by atoms with Gasteiger partial charge < -0.3 is 9.47 Å². The summed E-state index contributed by atoms with van der Waals surface area (Å²) < 4.78 is 36.6. The summed E-state index contributed by atoms with van der Waals surface area (Å²) >= 11 is 0. The molecule has 27 heavy (non-hydrogen) atoms. The lowest BCUT2D eigenvalue weighted by Crippen LogP contribution is -2.40. The van der Waals surface area contributed by atoms with Crippen LogP contribution < -0.4 is 0 Å². The van der Waals surface area contributed by atoms with Crippen molar-refractivity contribution in [3.8, 4) is 0 Å². The third kappa shape index (κ3) is 4.60. The van der Waals surface area contributed by atoms with Gasteiger partial charge in [0, 0.05) is 18.7 Å². The zero-order valence-corrected chi connectivity index (χ0v) is 15.4. The molecule has 0 amide bonds. The van der Waals surface area contributed by atoms with Gasteiger partial charge in [0.25, 0.3) is 0 Å². The molecule has 1 heterocycles. The van der Waals surface area contributed by atoms with Gasteiger partial charge in [0.2, 0.25) is 10.0 Å². The maximum absolute atomic E-state index is 12.5. The van der Waals surface area contributed by atoms with Crippen molar-refractivity contribution in [3.05, 3.63) is 65.7 Å². The first kappa shape index (κ1) is 19.2. The van der Waals surface area contributed by atoms with E-state index in [0.717, 1.165) is 0 Å². The van der Waals surface area contributed by atoms with E-state index in [2.05, 4.69) is 0 Å². The second kappa shape index (κ2) is 8.43. The van der Waals surface area contributed by atoms with E-state index in [0.29, 0.717) is 31.9 Å². The molecule has 1 saturated heterocycles. The lowest BCUT2D eigenvalue weighted by molar-refractivity contribution is 0.0474. The zero-order chi connectivity index (χ0) is 19.3. The number of nitrogens with zero attached hydrogens (tertiary/aromatic N) is 1. The highest BCUT2D eigenvalue weighted by Gasteiger charge is 2.26. The summed E-state index contributed by atoms with van der Waals surface area (Å²) in [5, 5.41) is 0. The molecule has 1 aliphatic rings. The van der Waals surface area contributed by atoms with Crippen LogP contribution in [0.2, 0.25) is 0 Å². The molecule has 0 atom stereocenters. The van der Waals surface area contributed by atoms with Gasteiger partial charge in [-0.05, 0) is 24.3 Å². The van der Waals surface area contributed by atoms with Crippen molar-refractivity contribution in [3.63, 3.8) is 0 Å². The van der Waals surface area contributed by atoms with E-state index in [4.69, 9.17) is 9.47 Å². The number of carbonyl (C=O) groups is 2. The van der Waals surface area contributed by atoms with Gasteiger partial charge in [-0.1, -0.05) is 30.3 Å². The molecule has 0 saturated carbocycles. The molecule has 0 bridgehead atoms. The van der Waals surface area contributed by atoms with E-state index in [1.807, 2.05) is 0 Å². The standard InChI is InChI=1S/C19H19NO6S/c21-18(15-4-2-1-3-5-15)14-26-19(22)16-6-8-17(9-7-16)27(23,24)20-10-12-25-13-11-20/h1-9H,10-14H2. The summed E-state index contributed by atoms with van der Waals surface area (Å²) in [6, 6.07) is 14.0. The molecule has 1 aliphatic heterocycles. The molecule has 8 heteroatoms. The van der Waals surface area contributed by atoms with Crippen LogP contribution in [0.15, 0.2) is 59.5 Å². The van der Waals surface area contributed by atoms with E-state index < -0.39 is 16.0 Å². The summed E-state index contributed by atoms with van der Waals surface area (Å²) in [5.41, 5.74) is 0.633. The molecule has 142 valence electrons. The van der Waals surface area contributed by atoms with E-state index in [-0.39, 0.29) is 22.8 Å². The van der Waals surface area contributed by atoms with Crippen molar-refractivity contribution < 1.29 is 27.5 Å². The predicted molar refractivity (Wildman–Crippen MR) is 97.1 cm³/mol. The highest BCUT2D eigenvalue weighted by atomic mass is 32.2. The van der Waals surface area contributed by atoms with Crippen LogP contribution in [-0.4, -0.2) is 57.4 Å². The van der Waals surface area contributed by atoms with E-state index in [1.54, 1.807) is 30.3 Å². The largest absolute Gasteiger partial charge is 0.454 e. The molecule has 1 fully saturated rings. The smallest absolute Gasteiger partial charge is 0.338 e. The minimum absolute atomic E-state index is 0.0984. The fraction of sp³-hybridized carbons (Fsp3) is 0.263. The number of esters is 1. The van der Waals surface area contributed by atoms with Gasteiger partial charge in [0.15, 0.2) is 12.4 Å². The highest BCUT2D eigenvalue weighted by Crippen LogP contribution is 2.18. The number of Topliss-reactive ketones (excluding diaryl/α,β-unsaturated/α-hetero) is 1. The molecular weight excluding hydrogens is 370 g/mol. The zero-order valence-electron chi connectivity index (χ0n) is 14.5. The highest BCUT2D eigenvalue weighted by molar-refractivity contribution is 7.89. The number of morpholine rings is 1. The number of hydrogen-bond donors (Lipinski definition) is 0. The Bertz CT molecular complexity index is 903. The Morgan fingerprint density at radius 3 is 2.19 bits per heavy atom. The summed E-state index contributed by atoms with van der Waals surface area (Å²) in [6.07, 6.45) is 0. The number of hydrogen-bond acceptors (Lipinski definition) is 6. The fourth-order valence-electron chi connectivity index (χ4n) is 2.62. The van der Waals surface area contributed by atoms with Gasteiger partial charge >= 0.3 is 5.97 Å². The average Bonchev–Trinajstić information content (AvgIpc) is 2.73. The molecule has 0 N–H and O–H groups in total. The monoisotopic (exact) mass is 389 g/mol. The van der Waals surface area contributed by atoms with Crippen molar-refractivity contribution in [1.82, 2.24) is 4.31 Å². The third-order valence-electron chi connectivity index (χ3n) is 4.13. The minimum atomic E-state index is -3.62. The second-order valence-corrected chi connectivity index (χ2v) is 7.84. The number of benzene rings is 2. The van der Waals surface area contributed by atoms with E-state index in [1.165, 1.54) is 28.6 Å². The first-order valence-electron chi connectivity index (χ1n) is 8.42. The van der Waals surface area contributed by atoms with Crippen LogP contribution in [0.25, 0.3) is 0 Å². The Labute approximate surface area is 157 Å². The van der Waals surface area contributed by atoms with Crippen molar-refractivity contribution in [2.24, 2.45) is 0 Å². The Morgan fingerprint density at radius 2 is 1.56 bits per heavy atom. The van der Waals surface area contributed by atoms with Gasteiger partial charge in [0.05, 0.1) is 23.7 Å². The second-order valence-electron chi connectivity index (χ2n) is 5.91. The van der Waals surface area contributed by atoms with Crippen LogP contribution in [0.5, 0.6) is 0 Å². The average molecular weight is 389 g/mol. The molecule has 7 nitrogen and oxygen atoms in total. The van der Waals surface area contributed by atoms with Gasteiger partial charge in [0.1, 0.15) is 0 Å².